The number of Topliss-reactive ketones (excluding diaryl/α,β-unsaturated/α-hetero) is 1. The van der Waals surface area contributed by atoms with Gasteiger partial charge in [-0.3, -0.25) is 9.59 Å². The molecule has 3 nitrogen and oxygen atoms in total. The maximum absolute atomic E-state index is 11.9. The monoisotopic (exact) mass is 254 g/mol. The summed E-state index contributed by atoms with van der Waals surface area (Å²) in [5.41, 5.74) is 0. The zero-order valence-electron chi connectivity index (χ0n) is 9.97. The molecule has 0 bridgehead atoms. The number of alkyl halides is 3. The lowest BCUT2D eigenvalue weighted by Crippen LogP contribution is -2.26. The third-order valence-electron chi connectivity index (χ3n) is 2.38. The van der Waals surface area contributed by atoms with Crippen molar-refractivity contribution in [2.75, 3.05) is 7.11 Å². The number of halogens is 3. The number of carbonyl (C=O) groups is 2. The summed E-state index contributed by atoms with van der Waals surface area (Å²) >= 11 is 0. The normalized spacial score (nSPS) is 13.2. The summed E-state index contributed by atoms with van der Waals surface area (Å²) in [6.45, 7) is 1.87. The first-order valence-corrected chi connectivity index (χ1v) is 5.49. The number of esters is 1. The fourth-order valence-electron chi connectivity index (χ4n) is 1.40. The molecule has 1 atom stereocenters. The molecule has 0 radical (unpaired) electrons. The Morgan fingerprint density at radius 2 is 1.88 bits per heavy atom. The second-order valence-electron chi connectivity index (χ2n) is 3.80. The van der Waals surface area contributed by atoms with Crippen molar-refractivity contribution in [2.24, 2.45) is 5.92 Å². The van der Waals surface area contributed by atoms with E-state index in [1.807, 2.05) is 6.92 Å². The lowest BCUT2D eigenvalue weighted by molar-refractivity contribution is -0.154. The van der Waals surface area contributed by atoms with E-state index in [9.17, 15) is 22.8 Å². The summed E-state index contributed by atoms with van der Waals surface area (Å²) in [5, 5.41) is 0. The number of ether oxygens (including phenoxy) is 1. The number of hydrogen-bond acceptors (Lipinski definition) is 3. The van der Waals surface area contributed by atoms with E-state index in [4.69, 9.17) is 0 Å². The average molecular weight is 254 g/mol. The van der Waals surface area contributed by atoms with Gasteiger partial charge >= 0.3 is 12.1 Å². The van der Waals surface area contributed by atoms with Crippen LogP contribution in [0.25, 0.3) is 0 Å². The van der Waals surface area contributed by atoms with E-state index in [2.05, 4.69) is 4.74 Å². The first-order valence-electron chi connectivity index (χ1n) is 5.49. The molecule has 0 rings (SSSR count). The quantitative estimate of drug-likeness (QED) is 0.518. The molecule has 0 aromatic rings. The van der Waals surface area contributed by atoms with E-state index < -0.39 is 36.7 Å². The Morgan fingerprint density at radius 3 is 2.29 bits per heavy atom. The van der Waals surface area contributed by atoms with Crippen molar-refractivity contribution in [1.82, 2.24) is 0 Å². The van der Waals surface area contributed by atoms with Crippen molar-refractivity contribution in [3.05, 3.63) is 0 Å². The van der Waals surface area contributed by atoms with Gasteiger partial charge in [-0.1, -0.05) is 19.8 Å². The van der Waals surface area contributed by atoms with Crippen LogP contribution in [0.15, 0.2) is 0 Å². The van der Waals surface area contributed by atoms with Crippen LogP contribution in [-0.4, -0.2) is 25.0 Å². The molecule has 6 heteroatoms. The summed E-state index contributed by atoms with van der Waals surface area (Å²) in [4.78, 5) is 22.8. The maximum Gasteiger partial charge on any atom is 0.389 e. The van der Waals surface area contributed by atoms with E-state index in [-0.39, 0.29) is 6.42 Å². The Labute approximate surface area is 98.3 Å². The molecule has 0 aromatic heterocycles. The van der Waals surface area contributed by atoms with Gasteiger partial charge in [0.25, 0.3) is 0 Å². The minimum Gasteiger partial charge on any atom is -0.468 e. The Bertz CT molecular complexity index is 261. The molecule has 100 valence electrons. The molecule has 17 heavy (non-hydrogen) atoms. The maximum atomic E-state index is 11.9. The van der Waals surface area contributed by atoms with Crippen molar-refractivity contribution >= 4 is 11.8 Å². The van der Waals surface area contributed by atoms with Crippen molar-refractivity contribution in [2.45, 2.75) is 45.2 Å². The second kappa shape index (κ2) is 7.29. The summed E-state index contributed by atoms with van der Waals surface area (Å²) in [6.07, 6.45) is -4.60. The van der Waals surface area contributed by atoms with Crippen LogP contribution in [0.2, 0.25) is 0 Å². The van der Waals surface area contributed by atoms with E-state index in [1.165, 1.54) is 0 Å². The summed E-state index contributed by atoms with van der Waals surface area (Å²) < 4.78 is 40.3. The van der Waals surface area contributed by atoms with Gasteiger partial charge in [-0.05, 0) is 6.42 Å². The molecular formula is C11H17F3O3. The van der Waals surface area contributed by atoms with Crippen molar-refractivity contribution in [3.63, 3.8) is 0 Å². The highest BCUT2D eigenvalue weighted by Crippen LogP contribution is 2.24. The summed E-state index contributed by atoms with van der Waals surface area (Å²) in [5.74, 6) is -2.49. The Hall–Kier alpha value is -1.07. The lowest BCUT2D eigenvalue weighted by atomic mass is 9.94. The minimum absolute atomic E-state index is 0.250. The van der Waals surface area contributed by atoms with Gasteiger partial charge in [-0.25, -0.2) is 0 Å². The van der Waals surface area contributed by atoms with E-state index >= 15 is 0 Å². The molecule has 0 aliphatic rings. The highest BCUT2D eigenvalue weighted by molar-refractivity contribution is 5.98. The van der Waals surface area contributed by atoms with Gasteiger partial charge in [-0.2, -0.15) is 13.2 Å². The van der Waals surface area contributed by atoms with Crippen LogP contribution < -0.4 is 0 Å². The second-order valence-corrected chi connectivity index (χ2v) is 3.80. The molecule has 0 saturated heterocycles. The molecule has 0 aromatic carbocycles. The summed E-state index contributed by atoms with van der Waals surface area (Å²) in [7, 11) is 1.12. The molecule has 0 saturated carbocycles. The van der Waals surface area contributed by atoms with Crippen LogP contribution in [0.3, 0.4) is 0 Å². The smallest absolute Gasteiger partial charge is 0.389 e. The van der Waals surface area contributed by atoms with E-state index in [0.717, 1.165) is 13.5 Å². The minimum atomic E-state index is -4.37. The highest BCUT2D eigenvalue weighted by Gasteiger charge is 2.32. The predicted octanol–water partition coefficient (Wildman–Crippen LogP) is 2.88. The van der Waals surface area contributed by atoms with E-state index in [0.29, 0.717) is 6.42 Å². The predicted molar refractivity (Wildman–Crippen MR) is 55.3 cm³/mol. The van der Waals surface area contributed by atoms with Crippen LogP contribution in [0, 0.1) is 5.92 Å². The average Bonchev–Trinajstić information content (AvgIpc) is 2.25. The largest absolute Gasteiger partial charge is 0.468 e. The van der Waals surface area contributed by atoms with Crippen LogP contribution in [0.1, 0.15) is 39.0 Å². The zero-order valence-corrected chi connectivity index (χ0v) is 9.97. The molecule has 0 amide bonds. The van der Waals surface area contributed by atoms with Crippen LogP contribution in [-0.2, 0) is 14.3 Å². The Morgan fingerprint density at radius 1 is 1.29 bits per heavy atom. The number of carbonyl (C=O) groups excluding carboxylic acids is 2. The number of ketones is 1. The Kier molecular flexibility index (Phi) is 6.83. The number of unbranched alkanes of at least 4 members (excludes halogenated alkanes) is 1. The van der Waals surface area contributed by atoms with Gasteiger partial charge in [0.2, 0.25) is 0 Å². The molecular weight excluding hydrogens is 237 g/mol. The molecule has 0 heterocycles. The van der Waals surface area contributed by atoms with Crippen molar-refractivity contribution in [3.8, 4) is 0 Å². The standard InChI is InChI=1S/C11H17F3O3/c1-3-4-5-8(10(16)17-2)9(15)6-7-11(12,13)14/h8H,3-7H2,1-2H3. The van der Waals surface area contributed by atoms with Crippen molar-refractivity contribution < 1.29 is 27.5 Å². The molecule has 0 spiro atoms. The molecule has 0 fully saturated rings. The first kappa shape index (κ1) is 15.9. The van der Waals surface area contributed by atoms with Gasteiger partial charge in [-0.15, -0.1) is 0 Å². The molecule has 1 unspecified atom stereocenters. The highest BCUT2D eigenvalue weighted by atomic mass is 19.4. The number of methoxy groups -OCH3 is 1. The third-order valence-corrected chi connectivity index (χ3v) is 2.38. The topological polar surface area (TPSA) is 43.4 Å². The molecule has 0 aliphatic heterocycles. The SMILES string of the molecule is CCCCC(C(=O)CCC(F)(F)F)C(=O)OC. The van der Waals surface area contributed by atoms with Gasteiger partial charge in [0.05, 0.1) is 13.5 Å². The summed E-state index contributed by atoms with van der Waals surface area (Å²) in [6, 6.07) is 0. The third kappa shape index (κ3) is 6.97. The fourth-order valence-corrected chi connectivity index (χ4v) is 1.40. The van der Waals surface area contributed by atoms with E-state index in [1.54, 1.807) is 0 Å². The van der Waals surface area contributed by atoms with Crippen LogP contribution in [0.5, 0.6) is 0 Å². The van der Waals surface area contributed by atoms with Gasteiger partial charge < -0.3 is 4.74 Å². The number of hydrogen-bond donors (Lipinski definition) is 0. The lowest BCUT2D eigenvalue weighted by Gasteiger charge is -2.13. The van der Waals surface area contributed by atoms with Crippen LogP contribution >= 0.6 is 0 Å². The molecule has 0 N–H and O–H groups in total. The molecule has 0 aliphatic carbocycles. The van der Waals surface area contributed by atoms with Crippen LogP contribution in [0.4, 0.5) is 13.2 Å². The van der Waals surface area contributed by atoms with Gasteiger partial charge in [0, 0.05) is 6.42 Å². The van der Waals surface area contributed by atoms with Crippen molar-refractivity contribution in [1.29, 1.82) is 0 Å². The Balaban J connectivity index is 4.37. The fraction of sp³-hybridized carbons (Fsp3) is 0.818. The zero-order chi connectivity index (χ0) is 13.5. The van der Waals surface area contributed by atoms with Gasteiger partial charge in [0.1, 0.15) is 11.7 Å². The first-order chi connectivity index (χ1) is 7.81. The van der Waals surface area contributed by atoms with Gasteiger partial charge in [0.15, 0.2) is 0 Å². The number of rotatable bonds is 7.